The lowest BCUT2D eigenvalue weighted by atomic mass is 10.2. The van der Waals surface area contributed by atoms with Gasteiger partial charge in [0.25, 0.3) is 0 Å². The van der Waals surface area contributed by atoms with Gasteiger partial charge in [0.2, 0.25) is 5.78 Å². The van der Waals surface area contributed by atoms with E-state index in [0.29, 0.717) is 11.4 Å². The van der Waals surface area contributed by atoms with Gasteiger partial charge < -0.3 is 4.98 Å². The number of ketones is 1. The summed E-state index contributed by atoms with van der Waals surface area (Å²) in [6.45, 7) is 2.89. The molecule has 1 N–H and O–H groups in total. The van der Waals surface area contributed by atoms with Crippen molar-refractivity contribution < 1.29 is 4.79 Å². The molecule has 0 atom stereocenters. The van der Waals surface area contributed by atoms with Crippen LogP contribution in [-0.2, 0) is 6.54 Å². The summed E-state index contributed by atoms with van der Waals surface area (Å²) >= 11 is 0. The fourth-order valence-corrected chi connectivity index (χ4v) is 1.36. The van der Waals surface area contributed by atoms with Crippen LogP contribution in [0.5, 0.6) is 0 Å². The van der Waals surface area contributed by atoms with Gasteiger partial charge in [0.15, 0.2) is 5.82 Å². The second-order valence-corrected chi connectivity index (χ2v) is 3.26. The van der Waals surface area contributed by atoms with E-state index in [1.54, 1.807) is 29.5 Å². The molecule has 0 aliphatic rings. The van der Waals surface area contributed by atoms with Crippen LogP contribution in [0.4, 0.5) is 0 Å². The third-order valence-electron chi connectivity index (χ3n) is 2.06. The average molecular weight is 204 g/mol. The van der Waals surface area contributed by atoms with Gasteiger partial charge in [0.1, 0.15) is 0 Å². The smallest absolute Gasteiger partial charge is 0.231 e. The molecule has 2 rings (SSSR count). The summed E-state index contributed by atoms with van der Waals surface area (Å²) in [6, 6.07) is 0. The normalized spacial score (nSPS) is 10.5. The number of carbonyl (C=O) groups is 1. The molecule has 2 heterocycles. The van der Waals surface area contributed by atoms with E-state index in [-0.39, 0.29) is 5.78 Å². The van der Waals surface area contributed by atoms with Crippen LogP contribution in [0, 0.1) is 0 Å². The van der Waals surface area contributed by atoms with Crippen LogP contribution >= 0.6 is 0 Å². The van der Waals surface area contributed by atoms with E-state index in [0.717, 1.165) is 13.0 Å². The molecule has 15 heavy (non-hydrogen) atoms. The van der Waals surface area contributed by atoms with Crippen LogP contribution in [0.15, 0.2) is 24.8 Å². The van der Waals surface area contributed by atoms with E-state index in [1.807, 2.05) is 0 Å². The van der Waals surface area contributed by atoms with Crippen LogP contribution in [0.25, 0.3) is 0 Å². The Morgan fingerprint density at radius 2 is 2.47 bits per heavy atom. The van der Waals surface area contributed by atoms with Gasteiger partial charge in [-0.15, -0.1) is 0 Å². The number of nitrogens with zero attached hydrogens (tertiary/aromatic N) is 3. The van der Waals surface area contributed by atoms with Crippen LogP contribution in [0.2, 0.25) is 0 Å². The Hall–Kier alpha value is -1.91. The number of H-pyrrole nitrogens is 1. The van der Waals surface area contributed by atoms with E-state index in [4.69, 9.17) is 0 Å². The second-order valence-electron chi connectivity index (χ2n) is 3.26. The van der Waals surface area contributed by atoms with Crippen molar-refractivity contribution in [2.45, 2.75) is 19.9 Å². The van der Waals surface area contributed by atoms with Gasteiger partial charge in [-0.2, -0.15) is 5.10 Å². The zero-order chi connectivity index (χ0) is 10.7. The topological polar surface area (TPSA) is 63.6 Å². The minimum Gasteiger partial charge on any atom is -0.342 e. The lowest BCUT2D eigenvalue weighted by Gasteiger charge is -1.94. The summed E-state index contributed by atoms with van der Waals surface area (Å²) < 4.78 is 1.76. The number of nitrogens with one attached hydrogen (secondary N) is 1. The first-order chi connectivity index (χ1) is 7.31. The molecule has 5 heteroatoms. The number of hydrogen-bond donors (Lipinski definition) is 1. The number of rotatable bonds is 4. The highest BCUT2D eigenvalue weighted by atomic mass is 16.1. The van der Waals surface area contributed by atoms with Gasteiger partial charge in [-0.25, -0.2) is 4.98 Å². The third-order valence-corrected chi connectivity index (χ3v) is 2.06. The minimum absolute atomic E-state index is 0.123. The van der Waals surface area contributed by atoms with Gasteiger partial charge >= 0.3 is 0 Å². The van der Waals surface area contributed by atoms with Crippen LogP contribution in [-0.4, -0.2) is 25.5 Å². The van der Waals surface area contributed by atoms with Crippen LogP contribution in [0.1, 0.15) is 29.5 Å². The van der Waals surface area contributed by atoms with Crippen molar-refractivity contribution in [3.05, 3.63) is 36.2 Å². The first-order valence-corrected chi connectivity index (χ1v) is 4.88. The van der Waals surface area contributed by atoms with Crippen molar-refractivity contribution >= 4 is 5.78 Å². The van der Waals surface area contributed by atoms with Gasteiger partial charge in [-0.1, -0.05) is 6.92 Å². The molecular formula is C10H12N4O. The summed E-state index contributed by atoms with van der Waals surface area (Å²) in [5.41, 5.74) is 0.568. The largest absolute Gasteiger partial charge is 0.342 e. The molecule has 0 bridgehead atoms. The van der Waals surface area contributed by atoms with E-state index >= 15 is 0 Å². The fraction of sp³-hybridized carbons (Fsp3) is 0.300. The Bertz CT molecular complexity index is 444. The molecule has 0 fully saturated rings. The molecule has 2 aromatic rings. The maximum atomic E-state index is 11.8. The molecule has 5 nitrogen and oxygen atoms in total. The molecular weight excluding hydrogens is 192 g/mol. The predicted octanol–water partition coefficient (Wildman–Crippen LogP) is 1.25. The molecule has 0 amide bonds. The Balaban J connectivity index is 2.19. The zero-order valence-electron chi connectivity index (χ0n) is 8.47. The van der Waals surface area contributed by atoms with Gasteiger partial charge in [-0.05, 0) is 6.42 Å². The molecule has 0 aromatic carbocycles. The molecule has 0 unspecified atom stereocenters. The fourth-order valence-electron chi connectivity index (χ4n) is 1.36. The van der Waals surface area contributed by atoms with Gasteiger partial charge in [-0.3, -0.25) is 9.48 Å². The van der Waals surface area contributed by atoms with Gasteiger partial charge in [0.05, 0.1) is 11.8 Å². The summed E-state index contributed by atoms with van der Waals surface area (Å²) in [5, 5.41) is 4.09. The summed E-state index contributed by atoms with van der Waals surface area (Å²) in [5.74, 6) is 0.230. The second kappa shape index (κ2) is 4.08. The highest BCUT2D eigenvalue weighted by molar-refractivity contribution is 6.06. The van der Waals surface area contributed by atoms with Crippen molar-refractivity contribution in [2.24, 2.45) is 0 Å². The lowest BCUT2D eigenvalue weighted by Crippen LogP contribution is -2.02. The Morgan fingerprint density at radius 1 is 1.60 bits per heavy atom. The number of hydrogen-bond acceptors (Lipinski definition) is 3. The number of carbonyl (C=O) groups excluding carboxylic acids is 1. The maximum absolute atomic E-state index is 11.8. The first-order valence-electron chi connectivity index (χ1n) is 4.88. The van der Waals surface area contributed by atoms with Crippen LogP contribution in [0.3, 0.4) is 0 Å². The van der Waals surface area contributed by atoms with E-state index in [9.17, 15) is 4.79 Å². The number of aromatic nitrogens is 4. The highest BCUT2D eigenvalue weighted by Crippen LogP contribution is 2.04. The third kappa shape index (κ3) is 1.96. The van der Waals surface area contributed by atoms with Crippen molar-refractivity contribution in [1.29, 1.82) is 0 Å². The Kier molecular flexibility index (Phi) is 2.62. The Morgan fingerprint density at radius 3 is 3.13 bits per heavy atom. The Labute approximate surface area is 87.1 Å². The van der Waals surface area contributed by atoms with Crippen molar-refractivity contribution in [3.63, 3.8) is 0 Å². The van der Waals surface area contributed by atoms with E-state index < -0.39 is 0 Å². The van der Waals surface area contributed by atoms with Crippen molar-refractivity contribution in [1.82, 2.24) is 19.7 Å². The summed E-state index contributed by atoms with van der Waals surface area (Å²) in [6.07, 6.45) is 7.50. The van der Waals surface area contributed by atoms with Crippen molar-refractivity contribution in [3.8, 4) is 0 Å². The molecule has 0 aliphatic carbocycles. The quantitative estimate of drug-likeness (QED) is 0.762. The summed E-state index contributed by atoms with van der Waals surface area (Å²) in [7, 11) is 0. The van der Waals surface area contributed by atoms with Crippen molar-refractivity contribution in [2.75, 3.05) is 0 Å². The molecule has 0 aliphatic heterocycles. The van der Waals surface area contributed by atoms with Gasteiger partial charge in [0, 0.05) is 25.1 Å². The SMILES string of the molecule is CCCn1cc(C(=O)c2ncc[nH]2)cn1. The zero-order valence-corrected chi connectivity index (χ0v) is 8.47. The van der Waals surface area contributed by atoms with E-state index in [1.165, 1.54) is 0 Å². The van der Waals surface area contributed by atoms with E-state index in [2.05, 4.69) is 22.0 Å². The maximum Gasteiger partial charge on any atom is 0.231 e. The molecule has 2 aromatic heterocycles. The first kappa shape index (κ1) is 9.64. The highest BCUT2D eigenvalue weighted by Gasteiger charge is 2.12. The number of aromatic amines is 1. The molecule has 78 valence electrons. The lowest BCUT2D eigenvalue weighted by molar-refractivity contribution is 0.103. The monoisotopic (exact) mass is 204 g/mol. The molecule has 0 radical (unpaired) electrons. The standard InChI is InChI=1S/C10H12N4O/c1-2-5-14-7-8(6-13-14)9(15)10-11-3-4-12-10/h3-4,6-7H,2,5H2,1H3,(H,11,12). The predicted molar refractivity (Wildman–Crippen MR) is 54.5 cm³/mol. The molecule has 0 saturated heterocycles. The van der Waals surface area contributed by atoms with Crippen LogP contribution < -0.4 is 0 Å². The average Bonchev–Trinajstić information content (AvgIpc) is 2.87. The number of imidazole rings is 1. The number of aryl methyl sites for hydroxylation is 1. The molecule has 0 spiro atoms. The minimum atomic E-state index is -0.123. The summed E-state index contributed by atoms with van der Waals surface area (Å²) in [4.78, 5) is 18.5. The molecule has 0 saturated carbocycles.